The van der Waals surface area contributed by atoms with Gasteiger partial charge >= 0.3 is 6.03 Å². The van der Waals surface area contributed by atoms with Gasteiger partial charge in [0.1, 0.15) is 17.7 Å². The quantitative estimate of drug-likeness (QED) is 0.548. The molecular formula is C24H30N4O4S. The SMILES string of the molecule is CCN(CC)C(=O)N1CCC(Oc2ccc(-n3ccc4cc(S(C)(=O)=O)ccc43)nc2)CC1. The van der Waals surface area contributed by atoms with Gasteiger partial charge in [-0.05, 0) is 50.2 Å². The van der Waals surface area contributed by atoms with E-state index < -0.39 is 9.84 Å². The number of ether oxygens (including phenoxy) is 1. The highest BCUT2D eigenvalue weighted by molar-refractivity contribution is 7.90. The number of amides is 2. The number of likely N-dealkylation sites (tertiary alicyclic amines) is 1. The minimum absolute atomic E-state index is 0.0558. The third kappa shape index (κ3) is 4.98. The van der Waals surface area contributed by atoms with Gasteiger partial charge in [-0.2, -0.15) is 0 Å². The number of hydrogen-bond donors (Lipinski definition) is 0. The summed E-state index contributed by atoms with van der Waals surface area (Å²) in [4.78, 5) is 21.1. The molecule has 176 valence electrons. The highest BCUT2D eigenvalue weighted by atomic mass is 32.2. The molecule has 0 unspecified atom stereocenters. The summed E-state index contributed by atoms with van der Waals surface area (Å²) in [6.07, 6.45) is 6.43. The fraction of sp³-hybridized carbons (Fsp3) is 0.417. The van der Waals surface area contributed by atoms with Crippen LogP contribution in [0.3, 0.4) is 0 Å². The Bertz CT molecular complexity index is 1230. The van der Waals surface area contributed by atoms with Crippen LogP contribution in [0.25, 0.3) is 16.7 Å². The number of nitrogens with zero attached hydrogens (tertiary/aromatic N) is 4. The Labute approximate surface area is 194 Å². The standard InChI is InChI=1S/C24H30N4O4S/c1-4-26(5-2)24(29)27-13-11-19(12-14-27)32-20-6-9-23(25-17-20)28-15-10-18-16-21(33(3,30)31)7-8-22(18)28/h6-10,15-17,19H,4-5,11-14H2,1-3H3. The van der Waals surface area contributed by atoms with Crippen LogP contribution in [0.1, 0.15) is 26.7 Å². The number of urea groups is 1. The van der Waals surface area contributed by atoms with Gasteiger partial charge in [-0.1, -0.05) is 0 Å². The number of carbonyl (C=O) groups is 1. The maximum absolute atomic E-state index is 12.5. The van der Waals surface area contributed by atoms with Crippen molar-refractivity contribution in [1.82, 2.24) is 19.4 Å². The molecule has 8 nitrogen and oxygen atoms in total. The fourth-order valence-electron chi connectivity index (χ4n) is 4.19. The summed E-state index contributed by atoms with van der Waals surface area (Å²) in [7, 11) is -3.25. The van der Waals surface area contributed by atoms with Crippen LogP contribution in [0.15, 0.2) is 53.7 Å². The Morgan fingerprint density at radius 2 is 1.85 bits per heavy atom. The minimum Gasteiger partial charge on any atom is -0.489 e. The molecule has 1 aliphatic heterocycles. The van der Waals surface area contributed by atoms with Crippen molar-refractivity contribution in [2.24, 2.45) is 0 Å². The molecule has 2 aromatic heterocycles. The van der Waals surface area contributed by atoms with Crippen molar-refractivity contribution in [2.45, 2.75) is 37.7 Å². The molecular weight excluding hydrogens is 440 g/mol. The van der Waals surface area contributed by atoms with Crippen LogP contribution in [0.5, 0.6) is 5.75 Å². The smallest absolute Gasteiger partial charge is 0.319 e. The summed E-state index contributed by atoms with van der Waals surface area (Å²) in [6, 6.07) is 10.9. The number of piperidine rings is 1. The second-order valence-electron chi connectivity index (χ2n) is 8.29. The van der Waals surface area contributed by atoms with Gasteiger partial charge in [0.05, 0.1) is 16.6 Å². The predicted molar refractivity (Wildman–Crippen MR) is 128 cm³/mol. The highest BCUT2D eigenvalue weighted by Crippen LogP contribution is 2.25. The molecule has 1 aliphatic rings. The number of carbonyl (C=O) groups excluding carboxylic acids is 1. The van der Waals surface area contributed by atoms with Crippen LogP contribution in [0, 0.1) is 0 Å². The first-order valence-electron chi connectivity index (χ1n) is 11.3. The predicted octanol–water partition coefficient (Wildman–Crippen LogP) is 3.73. The van der Waals surface area contributed by atoms with Gasteiger partial charge in [-0.25, -0.2) is 18.2 Å². The number of sulfone groups is 1. The van der Waals surface area contributed by atoms with Crippen molar-refractivity contribution in [1.29, 1.82) is 0 Å². The average Bonchev–Trinajstić information content (AvgIpc) is 3.24. The summed E-state index contributed by atoms with van der Waals surface area (Å²) >= 11 is 0. The van der Waals surface area contributed by atoms with Crippen LogP contribution in [0.4, 0.5) is 4.79 Å². The van der Waals surface area contributed by atoms with Gasteiger partial charge < -0.3 is 19.1 Å². The molecule has 0 saturated carbocycles. The van der Waals surface area contributed by atoms with Crippen molar-refractivity contribution < 1.29 is 17.9 Å². The molecule has 9 heteroatoms. The first-order valence-corrected chi connectivity index (χ1v) is 13.2. The Hall–Kier alpha value is -3.07. The minimum atomic E-state index is -3.25. The molecule has 0 N–H and O–H groups in total. The number of fused-ring (bicyclic) bond motifs is 1. The lowest BCUT2D eigenvalue weighted by Crippen LogP contribution is -2.48. The van der Waals surface area contributed by atoms with Crippen LogP contribution in [-0.2, 0) is 9.84 Å². The highest BCUT2D eigenvalue weighted by Gasteiger charge is 2.26. The molecule has 0 aliphatic carbocycles. The zero-order valence-corrected chi connectivity index (χ0v) is 20.1. The number of rotatable bonds is 6. The fourth-order valence-corrected chi connectivity index (χ4v) is 4.84. The van der Waals surface area contributed by atoms with Crippen LogP contribution < -0.4 is 4.74 Å². The molecule has 3 heterocycles. The molecule has 1 fully saturated rings. The maximum atomic E-state index is 12.5. The number of hydrogen-bond acceptors (Lipinski definition) is 5. The summed E-state index contributed by atoms with van der Waals surface area (Å²) in [6.45, 7) is 6.82. The molecule has 3 aromatic rings. The molecule has 0 radical (unpaired) electrons. The Kier molecular flexibility index (Phi) is 6.60. The van der Waals surface area contributed by atoms with Crippen LogP contribution in [0.2, 0.25) is 0 Å². The van der Waals surface area contributed by atoms with E-state index >= 15 is 0 Å². The number of aromatic nitrogens is 2. The summed E-state index contributed by atoms with van der Waals surface area (Å²) in [5, 5.41) is 0.839. The van der Waals surface area contributed by atoms with E-state index in [1.165, 1.54) is 6.26 Å². The maximum Gasteiger partial charge on any atom is 0.319 e. The summed E-state index contributed by atoms with van der Waals surface area (Å²) < 4.78 is 31.7. The van der Waals surface area contributed by atoms with E-state index in [0.717, 1.165) is 42.7 Å². The zero-order valence-electron chi connectivity index (χ0n) is 19.3. The van der Waals surface area contributed by atoms with E-state index in [9.17, 15) is 13.2 Å². The third-order valence-electron chi connectivity index (χ3n) is 6.11. The first-order chi connectivity index (χ1) is 15.8. The van der Waals surface area contributed by atoms with Crippen molar-refractivity contribution in [3.05, 3.63) is 48.8 Å². The average molecular weight is 471 g/mol. The van der Waals surface area contributed by atoms with Gasteiger partial charge in [-0.15, -0.1) is 0 Å². The second-order valence-corrected chi connectivity index (χ2v) is 10.3. The number of benzene rings is 1. The van der Waals surface area contributed by atoms with Gasteiger partial charge in [-0.3, -0.25) is 0 Å². The van der Waals surface area contributed by atoms with Crippen molar-refractivity contribution in [3.63, 3.8) is 0 Å². The molecule has 1 saturated heterocycles. The van der Waals surface area contributed by atoms with E-state index in [2.05, 4.69) is 4.98 Å². The zero-order chi connectivity index (χ0) is 23.6. The van der Waals surface area contributed by atoms with E-state index in [1.54, 1.807) is 24.4 Å². The molecule has 0 atom stereocenters. The van der Waals surface area contributed by atoms with Gasteiger partial charge in [0, 0.05) is 56.9 Å². The van der Waals surface area contributed by atoms with E-state index in [0.29, 0.717) is 23.7 Å². The van der Waals surface area contributed by atoms with Crippen molar-refractivity contribution in [3.8, 4) is 11.6 Å². The van der Waals surface area contributed by atoms with Gasteiger partial charge in [0.15, 0.2) is 9.84 Å². The Morgan fingerprint density at radius 3 is 2.45 bits per heavy atom. The van der Waals surface area contributed by atoms with Crippen LogP contribution >= 0.6 is 0 Å². The number of pyridine rings is 1. The lowest BCUT2D eigenvalue weighted by atomic mass is 10.1. The lowest BCUT2D eigenvalue weighted by molar-refractivity contribution is 0.0961. The monoisotopic (exact) mass is 470 g/mol. The van der Waals surface area contributed by atoms with E-state index in [-0.39, 0.29) is 12.1 Å². The largest absolute Gasteiger partial charge is 0.489 e. The van der Waals surface area contributed by atoms with Crippen LogP contribution in [-0.4, -0.2) is 72.3 Å². The van der Waals surface area contributed by atoms with E-state index in [1.807, 2.05) is 52.6 Å². The van der Waals surface area contributed by atoms with E-state index in [4.69, 9.17) is 4.74 Å². The summed E-state index contributed by atoms with van der Waals surface area (Å²) in [5.74, 6) is 1.42. The third-order valence-corrected chi connectivity index (χ3v) is 7.22. The van der Waals surface area contributed by atoms with Crippen molar-refractivity contribution in [2.75, 3.05) is 32.4 Å². The molecule has 4 rings (SSSR count). The summed E-state index contributed by atoms with van der Waals surface area (Å²) in [5.41, 5.74) is 0.883. The van der Waals surface area contributed by atoms with Gasteiger partial charge in [0.25, 0.3) is 0 Å². The normalized spacial score (nSPS) is 15.1. The first kappa shape index (κ1) is 23.1. The Morgan fingerprint density at radius 1 is 1.12 bits per heavy atom. The molecule has 2 amide bonds. The molecule has 1 aromatic carbocycles. The lowest BCUT2D eigenvalue weighted by Gasteiger charge is -2.35. The van der Waals surface area contributed by atoms with Gasteiger partial charge in [0.2, 0.25) is 0 Å². The molecule has 0 spiro atoms. The molecule has 33 heavy (non-hydrogen) atoms. The topological polar surface area (TPSA) is 84.7 Å². The molecule has 0 bridgehead atoms. The second kappa shape index (κ2) is 9.43. The van der Waals surface area contributed by atoms with Crippen molar-refractivity contribution >= 4 is 26.8 Å². The Balaban J connectivity index is 1.40.